The zero-order chi connectivity index (χ0) is 20.2. The van der Waals surface area contributed by atoms with Crippen LogP contribution in [-0.4, -0.2) is 28.9 Å². The topological polar surface area (TPSA) is 80.7 Å². The van der Waals surface area contributed by atoms with Crippen molar-refractivity contribution in [2.75, 3.05) is 0 Å². The van der Waals surface area contributed by atoms with Crippen molar-refractivity contribution in [3.8, 4) is 0 Å². The second-order valence-electron chi connectivity index (χ2n) is 7.11. The summed E-state index contributed by atoms with van der Waals surface area (Å²) in [7, 11) is 0. The Labute approximate surface area is 162 Å². The highest BCUT2D eigenvalue weighted by Crippen LogP contribution is 2.37. The minimum atomic E-state index is -0.871. The van der Waals surface area contributed by atoms with Crippen molar-refractivity contribution < 1.29 is 24.2 Å². The molecule has 5 nitrogen and oxygen atoms in total. The monoisotopic (exact) mass is 376 g/mol. The molecule has 0 spiro atoms. The lowest BCUT2D eigenvalue weighted by Crippen LogP contribution is -2.25. The van der Waals surface area contributed by atoms with Gasteiger partial charge in [0, 0.05) is 24.3 Å². The molecule has 1 saturated carbocycles. The van der Waals surface area contributed by atoms with Crippen molar-refractivity contribution >= 4 is 17.7 Å². The molecule has 0 aromatic heterocycles. The van der Waals surface area contributed by atoms with Crippen molar-refractivity contribution in [3.63, 3.8) is 0 Å². The predicted molar refractivity (Wildman–Crippen MR) is 105 cm³/mol. The van der Waals surface area contributed by atoms with E-state index in [0.29, 0.717) is 24.8 Å². The van der Waals surface area contributed by atoms with Gasteiger partial charge in [0.2, 0.25) is 0 Å². The summed E-state index contributed by atoms with van der Waals surface area (Å²) >= 11 is 0. The van der Waals surface area contributed by atoms with Crippen LogP contribution in [0.5, 0.6) is 0 Å². The lowest BCUT2D eigenvalue weighted by molar-refractivity contribution is -0.145. The molecule has 0 heterocycles. The standard InChI is InChI=1S/C22H32O5/c1-4-6-8-10-18(23)12-13-19-17(15-21(24)25)11-14-20(19)27-22(26)16(3)9-7-5-2/h5,7,9,12-13,17,19-20H,4,6,8,10-11,14-15H2,1-3H3,(H,24,25)/b7-5-,13-12+,16-9+/t17-,19?,20-/m1/s1. The maximum Gasteiger partial charge on any atom is 0.334 e. The number of carbonyl (C=O) groups is 3. The van der Waals surface area contributed by atoms with Gasteiger partial charge >= 0.3 is 11.9 Å². The van der Waals surface area contributed by atoms with E-state index in [0.717, 1.165) is 19.3 Å². The van der Waals surface area contributed by atoms with Crippen LogP contribution in [0.2, 0.25) is 0 Å². The number of ether oxygens (including phenoxy) is 1. The molecular weight excluding hydrogens is 344 g/mol. The van der Waals surface area contributed by atoms with Gasteiger partial charge in [-0.15, -0.1) is 0 Å². The molecule has 0 saturated heterocycles. The van der Waals surface area contributed by atoms with Gasteiger partial charge in [-0.2, -0.15) is 0 Å². The SMILES string of the molecule is C/C=C\C=C(/C)C(=O)O[C@@H]1CC[C@H](CC(=O)O)C1/C=C/C(=O)CCCCC. The van der Waals surface area contributed by atoms with Crippen molar-refractivity contribution in [2.45, 2.75) is 71.8 Å². The van der Waals surface area contributed by atoms with Gasteiger partial charge in [0.25, 0.3) is 0 Å². The van der Waals surface area contributed by atoms with Gasteiger partial charge in [-0.05, 0) is 45.1 Å². The summed E-state index contributed by atoms with van der Waals surface area (Å²) in [6.07, 6.45) is 12.9. The first-order valence-electron chi connectivity index (χ1n) is 9.82. The smallest absolute Gasteiger partial charge is 0.334 e. The van der Waals surface area contributed by atoms with Gasteiger partial charge < -0.3 is 9.84 Å². The normalized spacial score (nSPS) is 23.2. The number of carboxylic acid groups (broad SMARTS) is 1. The van der Waals surface area contributed by atoms with E-state index in [1.54, 1.807) is 31.2 Å². The van der Waals surface area contributed by atoms with Gasteiger partial charge in [0.15, 0.2) is 5.78 Å². The maximum absolute atomic E-state index is 12.3. The maximum atomic E-state index is 12.3. The Bertz CT molecular complexity index is 600. The largest absolute Gasteiger partial charge is 0.481 e. The van der Waals surface area contributed by atoms with Crippen LogP contribution in [0.1, 0.15) is 65.7 Å². The highest BCUT2D eigenvalue weighted by atomic mass is 16.5. The number of hydrogen-bond acceptors (Lipinski definition) is 4. The average Bonchev–Trinajstić information content (AvgIpc) is 2.98. The zero-order valence-corrected chi connectivity index (χ0v) is 16.6. The Morgan fingerprint density at radius 1 is 1.19 bits per heavy atom. The summed E-state index contributed by atoms with van der Waals surface area (Å²) in [4.78, 5) is 35.4. The van der Waals surface area contributed by atoms with E-state index in [1.807, 2.05) is 13.0 Å². The average molecular weight is 376 g/mol. The quantitative estimate of drug-likeness (QED) is 0.246. The molecule has 0 radical (unpaired) electrons. The molecule has 1 rings (SSSR count). The molecule has 0 aromatic carbocycles. The van der Waals surface area contributed by atoms with E-state index in [9.17, 15) is 14.4 Å². The Hall–Kier alpha value is -2.17. The van der Waals surface area contributed by atoms with E-state index in [2.05, 4.69) is 6.92 Å². The van der Waals surface area contributed by atoms with E-state index in [1.165, 1.54) is 0 Å². The molecule has 1 N–H and O–H groups in total. The summed E-state index contributed by atoms with van der Waals surface area (Å²) in [5.41, 5.74) is 0.494. The number of hydrogen-bond donors (Lipinski definition) is 1. The third-order valence-corrected chi connectivity index (χ3v) is 4.88. The molecule has 1 fully saturated rings. The minimum Gasteiger partial charge on any atom is -0.481 e. The molecule has 150 valence electrons. The second-order valence-corrected chi connectivity index (χ2v) is 7.11. The number of allylic oxidation sites excluding steroid dienone is 4. The van der Waals surface area contributed by atoms with Crippen molar-refractivity contribution in [1.82, 2.24) is 0 Å². The molecule has 0 aromatic rings. The van der Waals surface area contributed by atoms with E-state index >= 15 is 0 Å². The Balaban J connectivity index is 2.81. The van der Waals surface area contributed by atoms with Crippen LogP contribution >= 0.6 is 0 Å². The van der Waals surface area contributed by atoms with Crippen LogP contribution in [0, 0.1) is 11.8 Å². The Morgan fingerprint density at radius 3 is 2.56 bits per heavy atom. The van der Waals surface area contributed by atoms with Crippen LogP contribution in [-0.2, 0) is 19.1 Å². The molecule has 0 bridgehead atoms. The number of rotatable bonds is 11. The number of ketones is 1. The first kappa shape index (κ1) is 22.9. The van der Waals surface area contributed by atoms with Gasteiger partial charge in [0.1, 0.15) is 6.10 Å². The zero-order valence-electron chi connectivity index (χ0n) is 16.6. The van der Waals surface area contributed by atoms with Gasteiger partial charge in [0.05, 0.1) is 0 Å². The highest BCUT2D eigenvalue weighted by molar-refractivity contribution is 5.89. The molecule has 27 heavy (non-hydrogen) atoms. The molecule has 0 amide bonds. The van der Waals surface area contributed by atoms with Crippen molar-refractivity contribution in [1.29, 1.82) is 0 Å². The van der Waals surface area contributed by atoms with Crippen LogP contribution in [0.25, 0.3) is 0 Å². The fourth-order valence-corrected chi connectivity index (χ4v) is 3.34. The second kappa shape index (κ2) is 12.3. The molecule has 3 atom stereocenters. The number of esters is 1. The van der Waals surface area contributed by atoms with Crippen LogP contribution < -0.4 is 0 Å². The molecule has 1 aliphatic rings. The molecular formula is C22H32O5. The third-order valence-electron chi connectivity index (χ3n) is 4.88. The summed E-state index contributed by atoms with van der Waals surface area (Å²) < 4.78 is 5.63. The van der Waals surface area contributed by atoms with Crippen LogP contribution in [0.4, 0.5) is 0 Å². The van der Waals surface area contributed by atoms with Gasteiger partial charge in [-0.1, -0.05) is 44.1 Å². The molecule has 5 heteroatoms. The summed E-state index contributed by atoms with van der Waals surface area (Å²) in [6, 6.07) is 0. The Morgan fingerprint density at radius 2 is 1.93 bits per heavy atom. The fourth-order valence-electron chi connectivity index (χ4n) is 3.34. The number of carboxylic acids is 1. The first-order chi connectivity index (χ1) is 12.9. The van der Waals surface area contributed by atoms with E-state index < -0.39 is 18.0 Å². The number of unbranched alkanes of at least 4 members (excludes halogenated alkanes) is 2. The number of aliphatic carboxylic acids is 1. The van der Waals surface area contributed by atoms with Crippen LogP contribution in [0.15, 0.2) is 36.0 Å². The van der Waals surface area contributed by atoms with Gasteiger partial charge in [-0.3, -0.25) is 9.59 Å². The van der Waals surface area contributed by atoms with Crippen molar-refractivity contribution in [2.24, 2.45) is 11.8 Å². The minimum absolute atomic E-state index is 0.0144. The summed E-state index contributed by atoms with van der Waals surface area (Å²) in [5, 5.41) is 9.15. The predicted octanol–water partition coefficient (Wildman–Crippen LogP) is 4.63. The van der Waals surface area contributed by atoms with Crippen molar-refractivity contribution in [3.05, 3.63) is 36.0 Å². The van der Waals surface area contributed by atoms with Crippen LogP contribution in [0.3, 0.4) is 0 Å². The lowest BCUT2D eigenvalue weighted by atomic mass is 9.91. The lowest BCUT2D eigenvalue weighted by Gasteiger charge is -2.21. The Kier molecular flexibility index (Phi) is 10.4. The summed E-state index contributed by atoms with van der Waals surface area (Å²) in [6.45, 7) is 5.63. The summed E-state index contributed by atoms with van der Waals surface area (Å²) in [5.74, 6) is -1.60. The molecule has 1 unspecified atom stereocenters. The first-order valence-corrected chi connectivity index (χ1v) is 9.82. The number of carbonyl (C=O) groups excluding carboxylic acids is 2. The fraction of sp³-hybridized carbons (Fsp3) is 0.591. The molecule has 0 aliphatic heterocycles. The van der Waals surface area contributed by atoms with E-state index in [-0.39, 0.29) is 24.0 Å². The highest BCUT2D eigenvalue weighted by Gasteiger charge is 2.38. The van der Waals surface area contributed by atoms with Gasteiger partial charge in [-0.25, -0.2) is 4.79 Å². The molecule has 1 aliphatic carbocycles. The third kappa shape index (κ3) is 8.37. The van der Waals surface area contributed by atoms with E-state index in [4.69, 9.17) is 9.84 Å².